The molecule has 0 aromatic heterocycles. The molecule has 2 aromatic carbocycles. The fourth-order valence-corrected chi connectivity index (χ4v) is 1.61. The van der Waals surface area contributed by atoms with Crippen LogP contribution in [0.25, 0.3) is 10.8 Å². The summed E-state index contributed by atoms with van der Waals surface area (Å²) in [5, 5.41) is 1.48. The molecule has 0 bridgehead atoms. The molecule has 0 unspecified atom stereocenters. The standard InChI is InChI=1S/C12H10F2/c1-12(13,14)11-8-4-6-9-5-2-3-7-10(9)11/h2-8H,1H3. The summed E-state index contributed by atoms with van der Waals surface area (Å²) < 4.78 is 26.4. The molecule has 2 aromatic rings. The van der Waals surface area contributed by atoms with Crippen molar-refractivity contribution in [3.05, 3.63) is 48.0 Å². The van der Waals surface area contributed by atoms with Gasteiger partial charge in [-0.2, -0.15) is 0 Å². The van der Waals surface area contributed by atoms with Gasteiger partial charge in [-0.1, -0.05) is 42.5 Å². The normalized spacial score (nSPS) is 11.9. The van der Waals surface area contributed by atoms with Gasteiger partial charge < -0.3 is 0 Å². The minimum absolute atomic E-state index is 0.0931. The zero-order chi connectivity index (χ0) is 10.2. The minimum Gasteiger partial charge on any atom is -0.202 e. The van der Waals surface area contributed by atoms with Crippen molar-refractivity contribution in [1.82, 2.24) is 0 Å². The zero-order valence-corrected chi connectivity index (χ0v) is 7.80. The summed E-state index contributed by atoms with van der Waals surface area (Å²) in [5.41, 5.74) is 0.0931. The Labute approximate surface area is 81.2 Å². The lowest BCUT2D eigenvalue weighted by atomic mass is 10.0. The molecule has 0 atom stereocenters. The van der Waals surface area contributed by atoms with E-state index < -0.39 is 5.92 Å². The van der Waals surface area contributed by atoms with Crippen molar-refractivity contribution in [2.24, 2.45) is 0 Å². The Balaban J connectivity index is 2.78. The molecule has 0 aliphatic rings. The molecular formula is C12H10F2. The van der Waals surface area contributed by atoms with Crippen molar-refractivity contribution in [1.29, 1.82) is 0 Å². The van der Waals surface area contributed by atoms with Gasteiger partial charge in [0.2, 0.25) is 0 Å². The van der Waals surface area contributed by atoms with E-state index in [-0.39, 0.29) is 5.56 Å². The van der Waals surface area contributed by atoms with E-state index >= 15 is 0 Å². The molecule has 0 heterocycles. The van der Waals surface area contributed by atoms with Gasteiger partial charge in [-0.25, -0.2) is 8.78 Å². The van der Waals surface area contributed by atoms with Crippen LogP contribution in [0.5, 0.6) is 0 Å². The van der Waals surface area contributed by atoms with Crippen LogP contribution >= 0.6 is 0 Å². The number of benzene rings is 2. The highest BCUT2D eigenvalue weighted by Crippen LogP contribution is 2.32. The first-order chi connectivity index (χ1) is 6.59. The van der Waals surface area contributed by atoms with Crippen LogP contribution in [0.1, 0.15) is 12.5 Å². The third-order valence-electron chi connectivity index (χ3n) is 2.26. The molecule has 0 aliphatic carbocycles. The van der Waals surface area contributed by atoms with Gasteiger partial charge in [0.1, 0.15) is 0 Å². The topological polar surface area (TPSA) is 0 Å². The van der Waals surface area contributed by atoms with Crippen molar-refractivity contribution in [2.75, 3.05) is 0 Å². The molecule has 14 heavy (non-hydrogen) atoms. The predicted octanol–water partition coefficient (Wildman–Crippen LogP) is 3.95. The molecule has 0 saturated carbocycles. The van der Waals surface area contributed by atoms with Crippen molar-refractivity contribution in [3.8, 4) is 0 Å². The maximum Gasteiger partial charge on any atom is 0.271 e. The van der Waals surface area contributed by atoms with Gasteiger partial charge in [0, 0.05) is 12.5 Å². The largest absolute Gasteiger partial charge is 0.271 e. The second-order valence-electron chi connectivity index (χ2n) is 3.42. The maximum absolute atomic E-state index is 13.2. The summed E-state index contributed by atoms with van der Waals surface area (Å²) in [6, 6.07) is 12.2. The molecule has 0 N–H and O–H groups in total. The number of halogens is 2. The zero-order valence-electron chi connectivity index (χ0n) is 7.80. The van der Waals surface area contributed by atoms with Crippen molar-refractivity contribution >= 4 is 10.8 Å². The highest BCUT2D eigenvalue weighted by molar-refractivity contribution is 5.86. The third kappa shape index (κ3) is 1.48. The first-order valence-electron chi connectivity index (χ1n) is 4.45. The van der Waals surface area contributed by atoms with Crippen LogP contribution in [0.3, 0.4) is 0 Å². The van der Waals surface area contributed by atoms with E-state index in [9.17, 15) is 8.78 Å². The summed E-state index contributed by atoms with van der Waals surface area (Å²) >= 11 is 0. The van der Waals surface area contributed by atoms with Crippen LogP contribution in [0.4, 0.5) is 8.78 Å². The van der Waals surface area contributed by atoms with Crippen molar-refractivity contribution in [3.63, 3.8) is 0 Å². The van der Waals surface area contributed by atoms with Gasteiger partial charge in [0.05, 0.1) is 0 Å². The van der Waals surface area contributed by atoms with Crippen LogP contribution in [-0.2, 0) is 5.92 Å². The molecule has 0 amide bonds. The fraction of sp³-hybridized carbons (Fsp3) is 0.167. The van der Waals surface area contributed by atoms with E-state index in [0.29, 0.717) is 5.39 Å². The van der Waals surface area contributed by atoms with Crippen molar-refractivity contribution < 1.29 is 8.78 Å². The molecule has 2 rings (SSSR count). The third-order valence-corrected chi connectivity index (χ3v) is 2.26. The van der Waals surface area contributed by atoms with Crippen molar-refractivity contribution in [2.45, 2.75) is 12.8 Å². The summed E-state index contributed by atoms with van der Waals surface area (Å²) in [4.78, 5) is 0. The Morgan fingerprint density at radius 1 is 0.929 bits per heavy atom. The minimum atomic E-state index is -2.78. The first kappa shape index (κ1) is 9.13. The van der Waals surface area contributed by atoms with Crippen LogP contribution in [0.15, 0.2) is 42.5 Å². The Hall–Kier alpha value is -1.44. The monoisotopic (exact) mass is 192 g/mol. The molecule has 0 radical (unpaired) electrons. The number of alkyl halides is 2. The van der Waals surface area contributed by atoms with Crippen LogP contribution in [-0.4, -0.2) is 0 Å². The maximum atomic E-state index is 13.2. The van der Waals surface area contributed by atoms with Gasteiger partial charge in [-0.3, -0.25) is 0 Å². The van der Waals surface area contributed by atoms with E-state index in [1.807, 2.05) is 18.2 Å². The number of rotatable bonds is 1. The average molecular weight is 192 g/mol. The average Bonchev–Trinajstić information content (AvgIpc) is 2.15. The molecule has 2 heteroatoms. The van der Waals surface area contributed by atoms with Crippen LogP contribution < -0.4 is 0 Å². The molecule has 0 aliphatic heterocycles. The van der Waals surface area contributed by atoms with E-state index in [1.165, 1.54) is 6.07 Å². The van der Waals surface area contributed by atoms with E-state index in [1.54, 1.807) is 18.2 Å². The SMILES string of the molecule is CC(F)(F)c1cccc2ccccc12. The summed E-state index contributed by atoms with van der Waals surface area (Å²) in [7, 11) is 0. The highest BCUT2D eigenvalue weighted by atomic mass is 19.3. The molecular weight excluding hydrogens is 182 g/mol. The molecule has 0 spiro atoms. The number of fused-ring (bicyclic) bond motifs is 1. The lowest BCUT2D eigenvalue weighted by Gasteiger charge is -2.13. The van der Waals surface area contributed by atoms with Crippen LogP contribution in [0.2, 0.25) is 0 Å². The Morgan fingerprint density at radius 3 is 2.29 bits per heavy atom. The fourth-order valence-electron chi connectivity index (χ4n) is 1.61. The number of hydrogen-bond acceptors (Lipinski definition) is 0. The van der Waals surface area contributed by atoms with Gasteiger partial charge in [0.25, 0.3) is 5.92 Å². The second kappa shape index (κ2) is 3.05. The molecule has 0 saturated heterocycles. The predicted molar refractivity (Wildman–Crippen MR) is 53.5 cm³/mol. The molecule has 72 valence electrons. The number of hydrogen-bond donors (Lipinski definition) is 0. The van der Waals surface area contributed by atoms with Gasteiger partial charge in [-0.05, 0) is 10.8 Å². The Bertz CT molecular complexity index is 450. The van der Waals surface area contributed by atoms with Gasteiger partial charge in [0.15, 0.2) is 0 Å². The van der Waals surface area contributed by atoms with E-state index in [2.05, 4.69) is 0 Å². The second-order valence-corrected chi connectivity index (χ2v) is 3.42. The smallest absolute Gasteiger partial charge is 0.202 e. The van der Waals surface area contributed by atoms with Gasteiger partial charge in [-0.15, -0.1) is 0 Å². The quantitative estimate of drug-likeness (QED) is 0.641. The van der Waals surface area contributed by atoms with E-state index in [4.69, 9.17) is 0 Å². The van der Waals surface area contributed by atoms with Crippen LogP contribution in [0, 0.1) is 0 Å². The summed E-state index contributed by atoms with van der Waals surface area (Å²) in [5.74, 6) is -2.78. The Morgan fingerprint density at radius 2 is 1.57 bits per heavy atom. The molecule has 0 nitrogen and oxygen atoms in total. The summed E-state index contributed by atoms with van der Waals surface area (Å²) in [6.07, 6.45) is 0. The van der Waals surface area contributed by atoms with E-state index in [0.717, 1.165) is 12.3 Å². The lowest BCUT2D eigenvalue weighted by molar-refractivity contribution is 0.0191. The first-order valence-corrected chi connectivity index (χ1v) is 4.45. The van der Waals surface area contributed by atoms with Gasteiger partial charge >= 0.3 is 0 Å². The molecule has 0 fully saturated rings. The highest BCUT2D eigenvalue weighted by Gasteiger charge is 2.25. The Kier molecular flexibility index (Phi) is 1.99. The summed E-state index contributed by atoms with van der Waals surface area (Å²) in [6.45, 7) is 0.925. The lowest BCUT2D eigenvalue weighted by Crippen LogP contribution is -2.07.